The van der Waals surface area contributed by atoms with E-state index in [9.17, 15) is 4.79 Å². The van der Waals surface area contributed by atoms with Crippen LogP contribution in [0.25, 0.3) is 0 Å². The maximum absolute atomic E-state index is 11.4. The molecule has 2 bridgehead atoms. The van der Waals surface area contributed by atoms with E-state index in [1.165, 1.54) is 6.42 Å². The number of alkyl halides is 1. The van der Waals surface area contributed by atoms with Crippen LogP contribution in [0.1, 0.15) is 13.3 Å². The minimum Gasteiger partial charge on any atom is -0.461 e. The van der Waals surface area contributed by atoms with Crippen LogP contribution in [-0.4, -0.2) is 16.0 Å². The van der Waals surface area contributed by atoms with E-state index < -0.39 is 0 Å². The van der Waals surface area contributed by atoms with Gasteiger partial charge >= 0.3 is 5.97 Å². The van der Waals surface area contributed by atoms with Crippen molar-refractivity contribution in [2.75, 3.05) is 0 Å². The summed E-state index contributed by atoms with van der Waals surface area (Å²) in [5.74, 6) is 2.23. The summed E-state index contributed by atoms with van der Waals surface area (Å²) in [6, 6.07) is 0. The molecule has 1 saturated heterocycles. The molecule has 0 unspecified atom stereocenters. The van der Waals surface area contributed by atoms with Gasteiger partial charge in [-0.15, -0.1) is 0 Å². The second-order valence-electron chi connectivity index (χ2n) is 4.29. The van der Waals surface area contributed by atoms with Gasteiger partial charge in [-0.25, -0.2) is 0 Å². The lowest BCUT2D eigenvalue weighted by atomic mass is 9.81. The molecule has 3 aliphatic rings. The van der Waals surface area contributed by atoms with Crippen molar-refractivity contribution < 1.29 is 9.53 Å². The minimum absolute atomic E-state index is 0.0826. The lowest BCUT2D eigenvalue weighted by Crippen LogP contribution is -2.32. The highest BCUT2D eigenvalue weighted by Crippen LogP contribution is 2.59. The van der Waals surface area contributed by atoms with Crippen LogP contribution in [0, 0.1) is 23.7 Å². The summed E-state index contributed by atoms with van der Waals surface area (Å²) in [6.07, 6.45) is 1.50. The average Bonchev–Trinajstić information content (AvgIpc) is 2.56. The number of hydrogen-bond donors (Lipinski definition) is 0. The number of hydrogen-bond acceptors (Lipinski definition) is 2. The largest absolute Gasteiger partial charge is 0.461 e. The Morgan fingerprint density at radius 3 is 2.92 bits per heavy atom. The first-order chi connectivity index (χ1) is 5.70. The summed E-state index contributed by atoms with van der Waals surface area (Å²) in [5.41, 5.74) is 0. The zero-order valence-electron chi connectivity index (χ0n) is 6.87. The number of esters is 1. The van der Waals surface area contributed by atoms with Crippen molar-refractivity contribution in [3.05, 3.63) is 0 Å². The van der Waals surface area contributed by atoms with E-state index in [2.05, 4.69) is 29.5 Å². The molecule has 2 saturated carbocycles. The maximum Gasteiger partial charge on any atom is 0.309 e. The zero-order chi connectivity index (χ0) is 8.46. The van der Waals surface area contributed by atoms with Crippen molar-refractivity contribution >= 4 is 28.6 Å². The Balaban J connectivity index is 2.06. The molecule has 0 aromatic rings. The molecular formula is C9H11IO2. The van der Waals surface area contributed by atoms with E-state index in [0.29, 0.717) is 15.8 Å². The highest BCUT2D eigenvalue weighted by atomic mass is 127. The van der Waals surface area contributed by atoms with Crippen molar-refractivity contribution in [3.63, 3.8) is 0 Å². The van der Waals surface area contributed by atoms with Crippen molar-refractivity contribution in [2.45, 2.75) is 23.4 Å². The summed E-state index contributed by atoms with van der Waals surface area (Å²) >= 11 is 2.46. The molecule has 1 heterocycles. The molecule has 0 aromatic carbocycles. The predicted octanol–water partition coefficient (Wildman–Crippen LogP) is 1.62. The fourth-order valence-electron chi connectivity index (χ4n) is 3.32. The highest BCUT2D eigenvalue weighted by Gasteiger charge is 2.64. The quantitative estimate of drug-likeness (QED) is 0.382. The second kappa shape index (κ2) is 2.16. The molecule has 3 fully saturated rings. The fraction of sp³-hybridized carbons (Fsp3) is 0.889. The SMILES string of the molecule is C[C@@H]1[C@@H]2C[C@@H]3[C@H](OC(=O)[C@@H]13)[C@@H]2I. The monoisotopic (exact) mass is 278 g/mol. The summed E-state index contributed by atoms with van der Waals surface area (Å²) < 4.78 is 5.96. The molecule has 0 radical (unpaired) electrons. The molecule has 6 atom stereocenters. The van der Waals surface area contributed by atoms with Crippen LogP contribution in [0.4, 0.5) is 0 Å². The third-order valence-electron chi connectivity index (χ3n) is 3.92. The van der Waals surface area contributed by atoms with E-state index in [1.54, 1.807) is 0 Å². The molecule has 0 spiro atoms. The molecule has 66 valence electrons. The van der Waals surface area contributed by atoms with Crippen LogP contribution in [0.3, 0.4) is 0 Å². The van der Waals surface area contributed by atoms with Crippen LogP contribution in [0.15, 0.2) is 0 Å². The average molecular weight is 278 g/mol. The van der Waals surface area contributed by atoms with Crippen LogP contribution >= 0.6 is 22.6 Å². The van der Waals surface area contributed by atoms with E-state index in [-0.39, 0.29) is 18.0 Å². The van der Waals surface area contributed by atoms with Crippen LogP contribution in [-0.2, 0) is 9.53 Å². The normalized spacial score (nSPS) is 61.0. The maximum atomic E-state index is 11.4. The molecule has 2 aliphatic carbocycles. The fourth-order valence-corrected chi connectivity index (χ4v) is 4.95. The van der Waals surface area contributed by atoms with Gasteiger partial charge in [-0.2, -0.15) is 0 Å². The zero-order valence-corrected chi connectivity index (χ0v) is 9.02. The van der Waals surface area contributed by atoms with Crippen molar-refractivity contribution in [1.29, 1.82) is 0 Å². The Hall–Kier alpha value is 0.200. The van der Waals surface area contributed by atoms with Gasteiger partial charge in [-0.3, -0.25) is 4.79 Å². The second-order valence-corrected chi connectivity index (χ2v) is 5.73. The Morgan fingerprint density at radius 1 is 1.50 bits per heavy atom. The van der Waals surface area contributed by atoms with Gasteiger partial charge in [0, 0.05) is 5.92 Å². The molecule has 12 heavy (non-hydrogen) atoms. The molecular weight excluding hydrogens is 267 g/mol. The van der Waals surface area contributed by atoms with Gasteiger partial charge in [0.05, 0.1) is 9.84 Å². The third-order valence-corrected chi connectivity index (χ3v) is 5.55. The standard InChI is InChI=1S/C9H11IO2/c1-3-4-2-5-6(3)9(11)12-8(5)7(4)10/h3-8H,2H2,1H3/t3-,4+,5+,6+,7-,8+/m1/s1. The molecule has 3 rings (SSSR count). The van der Waals surface area contributed by atoms with Crippen LogP contribution in [0.2, 0.25) is 0 Å². The van der Waals surface area contributed by atoms with Gasteiger partial charge in [0.1, 0.15) is 6.10 Å². The van der Waals surface area contributed by atoms with Gasteiger partial charge in [0.2, 0.25) is 0 Å². The smallest absolute Gasteiger partial charge is 0.309 e. The van der Waals surface area contributed by atoms with Crippen molar-refractivity contribution in [1.82, 2.24) is 0 Å². The topological polar surface area (TPSA) is 26.3 Å². The lowest BCUT2D eigenvalue weighted by molar-refractivity contribution is -0.143. The van der Waals surface area contributed by atoms with Gasteiger partial charge in [-0.05, 0) is 18.3 Å². The Kier molecular flexibility index (Phi) is 1.37. The highest BCUT2D eigenvalue weighted by molar-refractivity contribution is 14.1. The summed E-state index contributed by atoms with van der Waals surface area (Å²) in [5, 5.41) is 0. The Morgan fingerprint density at radius 2 is 2.25 bits per heavy atom. The molecule has 1 aliphatic heterocycles. The van der Waals surface area contributed by atoms with E-state index >= 15 is 0 Å². The van der Waals surface area contributed by atoms with Gasteiger partial charge in [-0.1, -0.05) is 29.5 Å². The summed E-state index contributed by atoms with van der Waals surface area (Å²) in [4.78, 5) is 11.4. The van der Waals surface area contributed by atoms with Crippen LogP contribution in [0.5, 0.6) is 0 Å². The number of fused-ring (bicyclic) bond motifs is 1. The lowest BCUT2D eigenvalue weighted by Gasteiger charge is -2.25. The third kappa shape index (κ3) is 0.659. The number of carbonyl (C=O) groups excluding carboxylic acids is 1. The number of ether oxygens (including phenoxy) is 1. The van der Waals surface area contributed by atoms with Crippen LogP contribution < -0.4 is 0 Å². The summed E-state index contributed by atoms with van der Waals surface area (Å²) in [6.45, 7) is 2.21. The van der Waals surface area contributed by atoms with Gasteiger partial charge in [0.25, 0.3) is 0 Å². The number of rotatable bonds is 0. The van der Waals surface area contributed by atoms with Gasteiger partial charge < -0.3 is 4.74 Å². The van der Waals surface area contributed by atoms with Crippen molar-refractivity contribution in [3.8, 4) is 0 Å². The predicted molar refractivity (Wildman–Crippen MR) is 51.9 cm³/mol. The molecule has 0 amide bonds. The molecule has 3 heteroatoms. The Labute approximate surface area is 85.2 Å². The van der Waals surface area contributed by atoms with E-state index in [1.807, 2.05) is 0 Å². The van der Waals surface area contributed by atoms with E-state index in [4.69, 9.17) is 4.74 Å². The van der Waals surface area contributed by atoms with E-state index in [0.717, 1.165) is 5.92 Å². The molecule has 0 aromatic heterocycles. The Bertz CT molecular complexity index is 253. The van der Waals surface area contributed by atoms with Crippen molar-refractivity contribution in [2.24, 2.45) is 23.7 Å². The molecule has 2 nitrogen and oxygen atoms in total. The first-order valence-electron chi connectivity index (χ1n) is 4.54. The molecule has 0 N–H and O–H groups in total. The first-order valence-corrected chi connectivity index (χ1v) is 5.79. The number of halogens is 1. The first kappa shape index (κ1) is 7.59. The van der Waals surface area contributed by atoms with Gasteiger partial charge in [0.15, 0.2) is 0 Å². The number of carbonyl (C=O) groups is 1. The summed E-state index contributed by atoms with van der Waals surface area (Å²) in [7, 11) is 0. The minimum atomic E-state index is 0.0826.